The summed E-state index contributed by atoms with van der Waals surface area (Å²) in [4.78, 5) is 0. The minimum absolute atomic E-state index is 0.103. The maximum atomic E-state index is 10.5. The van der Waals surface area contributed by atoms with Crippen LogP contribution in [0.1, 0.15) is 108 Å². The topological polar surface area (TPSA) is 72.0 Å². The van der Waals surface area contributed by atoms with Gasteiger partial charge in [-0.15, -0.1) is 10.2 Å². The molecular weight excluding hydrogens is 418 g/mol. The lowest BCUT2D eigenvalue weighted by molar-refractivity contribution is 0.220. The zero-order chi connectivity index (χ0) is 24.3. The van der Waals surface area contributed by atoms with Crippen LogP contribution in [0.2, 0.25) is 0 Å². The van der Waals surface area contributed by atoms with Crippen LogP contribution in [0.4, 0.5) is 5.82 Å². The highest BCUT2D eigenvalue weighted by molar-refractivity contribution is 5.75. The highest BCUT2D eigenvalue weighted by Crippen LogP contribution is 2.39. The molecule has 0 bridgehead atoms. The van der Waals surface area contributed by atoms with Gasteiger partial charge in [0, 0.05) is 11.1 Å². The summed E-state index contributed by atoms with van der Waals surface area (Å²) in [6, 6.07) is 2.02. The zero-order valence-electron chi connectivity index (χ0n) is 21.2. The molecule has 1 aromatic rings. The minimum atomic E-state index is 0.103. The Morgan fingerprint density at radius 3 is 2.15 bits per heavy atom. The maximum absolute atomic E-state index is 10.5. The Kier molecular flexibility index (Phi) is 10.4. The van der Waals surface area contributed by atoms with Gasteiger partial charge in [0.15, 0.2) is 0 Å². The monoisotopic (exact) mass is 463 g/mol. The fourth-order valence-electron chi connectivity index (χ4n) is 6.18. The van der Waals surface area contributed by atoms with Crippen molar-refractivity contribution in [3.63, 3.8) is 0 Å². The molecule has 34 heavy (non-hydrogen) atoms. The van der Waals surface area contributed by atoms with Gasteiger partial charge in [-0.25, -0.2) is 0 Å². The molecule has 2 saturated carbocycles. The SMILES string of the molecule is C=C/C=C\C(O)=C(/C=C)c1cc(C2CCCCC(C3CCCC(C)CCC3)CCC2)c(N)nn1. The van der Waals surface area contributed by atoms with Gasteiger partial charge in [0.05, 0.1) is 5.69 Å². The molecule has 4 heteroatoms. The third kappa shape index (κ3) is 7.32. The number of hydrogen-bond acceptors (Lipinski definition) is 4. The maximum Gasteiger partial charge on any atom is 0.149 e. The van der Waals surface area contributed by atoms with Gasteiger partial charge in [0.2, 0.25) is 0 Å². The van der Waals surface area contributed by atoms with Crippen molar-refractivity contribution in [1.82, 2.24) is 10.2 Å². The van der Waals surface area contributed by atoms with Crippen molar-refractivity contribution in [1.29, 1.82) is 0 Å². The highest BCUT2D eigenvalue weighted by atomic mass is 16.3. The number of rotatable bonds is 6. The Balaban J connectivity index is 1.72. The lowest BCUT2D eigenvalue weighted by Crippen LogP contribution is -2.18. The molecule has 0 aliphatic heterocycles. The second kappa shape index (κ2) is 13.5. The summed E-state index contributed by atoms with van der Waals surface area (Å²) >= 11 is 0. The molecule has 0 radical (unpaired) electrons. The predicted molar refractivity (Wildman–Crippen MR) is 144 cm³/mol. The van der Waals surface area contributed by atoms with Crippen LogP contribution in [0.15, 0.2) is 49.3 Å². The van der Waals surface area contributed by atoms with Crippen LogP contribution < -0.4 is 5.73 Å². The van der Waals surface area contributed by atoms with Crippen LogP contribution in [-0.2, 0) is 0 Å². The number of nitrogens with two attached hydrogens (primary N) is 1. The van der Waals surface area contributed by atoms with Crippen LogP contribution >= 0.6 is 0 Å². The minimum Gasteiger partial charge on any atom is -0.507 e. The lowest BCUT2D eigenvalue weighted by atomic mass is 9.76. The fourth-order valence-corrected chi connectivity index (χ4v) is 6.18. The van der Waals surface area contributed by atoms with Gasteiger partial charge in [-0.2, -0.15) is 0 Å². The molecule has 4 nitrogen and oxygen atoms in total. The number of nitrogen functional groups attached to an aromatic ring is 1. The normalized spacial score (nSPS) is 28.0. The van der Waals surface area contributed by atoms with Crippen molar-refractivity contribution in [2.75, 3.05) is 5.73 Å². The molecule has 2 aliphatic carbocycles. The largest absolute Gasteiger partial charge is 0.507 e. The molecule has 2 atom stereocenters. The van der Waals surface area contributed by atoms with Crippen molar-refractivity contribution in [3.05, 3.63) is 60.5 Å². The Labute approximate surface area is 207 Å². The van der Waals surface area contributed by atoms with Gasteiger partial charge in [-0.1, -0.05) is 109 Å². The lowest BCUT2D eigenvalue weighted by Gasteiger charge is -2.30. The van der Waals surface area contributed by atoms with E-state index in [2.05, 4.69) is 30.3 Å². The first kappa shape index (κ1) is 26.2. The molecule has 0 saturated heterocycles. The molecule has 2 aliphatic rings. The smallest absolute Gasteiger partial charge is 0.149 e. The molecular formula is C30H45N3O. The quantitative estimate of drug-likeness (QED) is 0.329. The second-order valence-electron chi connectivity index (χ2n) is 10.6. The molecule has 0 amide bonds. The molecule has 186 valence electrons. The van der Waals surface area contributed by atoms with Gasteiger partial charge in [0.25, 0.3) is 0 Å². The van der Waals surface area contributed by atoms with Crippen molar-refractivity contribution < 1.29 is 5.11 Å². The molecule has 3 rings (SSSR count). The summed E-state index contributed by atoms with van der Waals surface area (Å²) in [7, 11) is 0. The zero-order valence-corrected chi connectivity index (χ0v) is 21.2. The number of hydrogen-bond donors (Lipinski definition) is 2. The molecule has 2 fully saturated rings. The van der Waals surface area contributed by atoms with Crippen LogP contribution in [0, 0.1) is 17.8 Å². The van der Waals surface area contributed by atoms with E-state index in [1.165, 1.54) is 70.6 Å². The third-order valence-electron chi connectivity index (χ3n) is 8.15. The molecule has 1 heterocycles. The van der Waals surface area contributed by atoms with Gasteiger partial charge >= 0.3 is 0 Å². The van der Waals surface area contributed by atoms with Crippen molar-refractivity contribution in [3.8, 4) is 0 Å². The summed E-state index contributed by atoms with van der Waals surface area (Å²) < 4.78 is 0. The van der Waals surface area contributed by atoms with E-state index in [4.69, 9.17) is 5.73 Å². The summed E-state index contributed by atoms with van der Waals surface area (Å²) in [5.74, 6) is 3.75. The Bertz CT molecular complexity index is 862. The number of allylic oxidation sites excluding steroid dienone is 5. The third-order valence-corrected chi connectivity index (χ3v) is 8.15. The van der Waals surface area contributed by atoms with Crippen molar-refractivity contribution >= 4 is 11.4 Å². The summed E-state index contributed by atoms with van der Waals surface area (Å²) in [5.41, 5.74) is 8.58. The number of nitrogens with zero attached hydrogens (tertiary/aromatic N) is 2. The molecule has 0 aromatic carbocycles. The standard InChI is InChI=1S/C30H45N3O/c1-4-6-20-29(34)26(5-2)28-21-27(30(31)33-32-28)25-15-8-7-14-23(18-11-19-25)24-16-9-12-22(3)13-10-17-24/h4-6,20-25,34H,1-2,7-19H2,3H3,(H2,31,33)/b20-6-,29-26-. The number of aliphatic hydroxyl groups is 1. The average molecular weight is 464 g/mol. The summed E-state index contributed by atoms with van der Waals surface area (Å²) in [5, 5.41) is 19.0. The van der Waals surface area contributed by atoms with E-state index in [-0.39, 0.29) is 5.76 Å². The second-order valence-corrected chi connectivity index (χ2v) is 10.6. The fraction of sp³-hybridized carbons (Fsp3) is 0.600. The number of anilines is 1. The Morgan fingerprint density at radius 2 is 1.50 bits per heavy atom. The van der Waals surface area contributed by atoms with Crippen molar-refractivity contribution in [2.45, 2.75) is 96.3 Å². The van der Waals surface area contributed by atoms with E-state index in [0.717, 1.165) is 36.2 Å². The van der Waals surface area contributed by atoms with Crippen LogP contribution in [0.25, 0.3) is 5.57 Å². The van der Waals surface area contributed by atoms with E-state index in [9.17, 15) is 5.11 Å². The Hall–Kier alpha value is -2.36. The van der Waals surface area contributed by atoms with Crippen LogP contribution in [0.3, 0.4) is 0 Å². The van der Waals surface area contributed by atoms with Gasteiger partial charge in [-0.3, -0.25) is 0 Å². The van der Waals surface area contributed by atoms with E-state index in [0.29, 0.717) is 23.0 Å². The summed E-state index contributed by atoms with van der Waals surface area (Å²) in [6.07, 6.45) is 23.9. The van der Waals surface area contributed by atoms with E-state index < -0.39 is 0 Å². The van der Waals surface area contributed by atoms with Gasteiger partial charge < -0.3 is 10.8 Å². The predicted octanol–water partition coefficient (Wildman–Crippen LogP) is 8.31. The van der Waals surface area contributed by atoms with E-state index in [1.807, 2.05) is 6.07 Å². The van der Waals surface area contributed by atoms with Gasteiger partial charge in [-0.05, 0) is 48.7 Å². The number of aromatic nitrogens is 2. The molecule has 0 spiro atoms. The Morgan fingerprint density at radius 1 is 0.912 bits per heavy atom. The first-order chi connectivity index (χ1) is 16.5. The molecule has 2 unspecified atom stereocenters. The number of aliphatic hydroxyl groups excluding tert-OH is 1. The first-order valence-electron chi connectivity index (χ1n) is 13.5. The van der Waals surface area contributed by atoms with Crippen LogP contribution in [0.5, 0.6) is 0 Å². The van der Waals surface area contributed by atoms with Gasteiger partial charge in [0.1, 0.15) is 11.6 Å². The van der Waals surface area contributed by atoms with Crippen LogP contribution in [-0.4, -0.2) is 15.3 Å². The first-order valence-corrected chi connectivity index (χ1v) is 13.5. The van der Waals surface area contributed by atoms with E-state index in [1.54, 1.807) is 24.3 Å². The molecule has 3 N–H and O–H groups in total. The summed E-state index contributed by atoms with van der Waals surface area (Å²) in [6.45, 7) is 9.95. The van der Waals surface area contributed by atoms with Crippen molar-refractivity contribution in [2.24, 2.45) is 17.8 Å². The average Bonchev–Trinajstić information content (AvgIpc) is 2.94. The van der Waals surface area contributed by atoms with E-state index >= 15 is 0 Å². The molecule has 1 aromatic heterocycles. The highest BCUT2D eigenvalue weighted by Gasteiger charge is 2.26.